The van der Waals surface area contributed by atoms with Gasteiger partial charge < -0.3 is 10.2 Å². The first-order valence-electron chi connectivity index (χ1n) is 7.91. The highest BCUT2D eigenvalue weighted by Crippen LogP contribution is 2.16. The molecule has 0 saturated carbocycles. The molecule has 3 rings (SSSR count). The van der Waals surface area contributed by atoms with Crippen LogP contribution in [0.4, 0.5) is 5.13 Å². The number of benzene rings is 1. The Morgan fingerprint density at radius 3 is 2.61 bits per heavy atom. The molecule has 1 aromatic carbocycles. The van der Waals surface area contributed by atoms with Crippen LogP contribution >= 0.6 is 11.3 Å². The molecule has 0 atom stereocenters. The highest BCUT2D eigenvalue weighted by atomic mass is 32.1. The molecule has 0 aliphatic carbocycles. The molecule has 23 heavy (non-hydrogen) atoms. The van der Waals surface area contributed by atoms with Crippen molar-refractivity contribution in [3.05, 3.63) is 47.0 Å². The Hall–Kier alpha value is -1.92. The maximum absolute atomic E-state index is 12.4. The topological polar surface area (TPSA) is 48.5 Å². The molecule has 2 heterocycles. The summed E-state index contributed by atoms with van der Waals surface area (Å²) in [6, 6.07) is 10.5. The summed E-state index contributed by atoms with van der Waals surface area (Å²) in [5, 5.41) is 5.82. The number of nitrogens with zero attached hydrogens (tertiary/aromatic N) is 3. The minimum Gasteiger partial charge on any atom is -0.365 e. The third-order valence-corrected chi connectivity index (χ3v) is 4.98. The second-order valence-corrected chi connectivity index (χ2v) is 6.57. The standard InChI is InChI=1S/C17H22N4OS/c1-18-17-19-15(13-23-17)11-16(22)21-9-7-20(8-10-21)12-14-5-3-2-4-6-14/h2-6,13H,7-12H2,1H3,(H,18,19). The van der Waals surface area contributed by atoms with Gasteiger partial charge in [-0.3, -0.25) is 9.69 Å². The van der Waals surface area contributed by atoms with Crippen molar-refractivity contribution >= 4 is 22.4 Å². The lowest BCUT2D eigenvalue weighted by Crippen LogP contribution is -2.48. The van der Waals surface area contributed by atoms with E-state index in [9.17, 15) is 4.79 Å². The van der Waals surface area contributed by atoms with Gasteiger partial charge in [0, 0.05) is 45.2 Å². The van der Waals surface area contributed by atoms with Crippen LogP contribution in [0.25, 0.3) is 0 Å². The molecule has 1 saturated heterocycles. The largest absolute Gasteiger partial charge is 0.365 e. The summed E-state index contributed by atoms with van der Waals surface area (Å²) < 4.78 is 0. The van der Waals surface area contributed by atoms with E-state index in [4.69, 9.17) is 0 Å². The fourth-order valence-electron chi connectivity index (χ4n) is 2.77. The molecule has 0 unspecified atom stereocenters. The van der Waals surface area contributed by atoms with Crippen molar-refractivity contribution in [1.29, 1.82) is 0 Å². The lowest BCUT2D eigenvalue weighted by Gasteiger charge is -2.34. The molecule has 1 fully saturated rings. The van der Waals surface area contributed by atoms with E-state index in [-0.39, 0.29) is 5.91 Å². The van der Waals surface area contributed by atoms with Crippen LogP contribution in [0.1, 0.15) is 11.3 Å². The minimum absolute atomic E-state index is 0.178. The highest BCUT2D eigenvalue weighted by Gasteiger charge is 2.21. The molecular formula is C17H22N4OS. The lowest BCUT2D eigenvalue weighted by atomic mass is 10.2. The van der Waals surface area contributed by atoms with Gasteiger partial charge in [0.2, 0.25) is 5.91 Å². The van der Waals surface area contributed by atoms with Crippen molar-refractivity contribution in [2.75, 3.05) is 38.5 Å². The molecule has 1 N–H and O–H groups in total. The van der Waals surface area contributed by atoms with Crippen LogP contribution in [0.2, 0.25) is 0 Å². The molecule has 1 aliphatic rings. The van der Waals surface area contributed by atoms with Crippen LogP contribution in [0.15, 0.2) is 35.7 Å². The number of carbonyl (C=O) groups is 1. The maximum Gasteiger partial charge on any atom is 0.228 e. The SMILES string of the molecule is CNc1nc(CC(=O)N2CCN(Cc3ccccc3)CC2)cs1. The van der Waals surface area contributed by atoms with Gasteiger partial charge in [0.05, 0.1) is 12.1 Å². The molecule has 1 aromatic heterocycles. The van der Waals surface area contributed by atoms with Crippen molar-refractivity contribution in [3.8, 4) is 0 Å². The minimum atomic E-state index is 0.178. The Kier molecular flexibility index (Phi) is 5.25. The zero-order chi connectivity index (χ0) is 16.1. The lowest BCUT2D eigenvalue weighted by molar-refractivity contribution is -0.132. The average molecular weight is 330 g/mol. The van der Waals surface area contributed by atoms with E-state index in [2.05, 4.69) is 39.5 Å². The van der Waals surface area contributed by atoms with Gasteiger partial charge in [-0.2, -0.15) is 0 Å². The predicted molar refractivity (Wildman–Crippen MR) is 93.7 cm³/mol. The normalized spacial score (nSPS) is 15.6. The van der Waals surface area contributed by atoms with Crippen LogP contribution in [0, 0.1) is 0 Å². The Bertz CT molecular complexity index is 635. The van der Waals surface area contributed by atoms with E-state index < -0.39 is 0 Å². The quantitative estimate of drug-likeness (QED) is 0.912. The molecule has 2 aromatic rings. The first-order chi connectivity index (χ1) is 11.2. The summed E-state index contributed by atoms with van der Waals surface area (Å²) in [5.74, 6) is 0.178. The van der Waals surface area contributed by atoms with Crippen LogP contribution in [0.3, 0.4) is 0 Å². The Labute approximate surface area is 140 Å². The number of amides is 1. The second-order valence-electron chi connectivity index (χ2n) is 5.71. The van der Waals surface area contributed by atoms with E-state index in [0.29, 0.717) is 6.42 Å². The summed E-state index contributed by atoms with van der Waals surface area (Å²) in [4.78, 5) is 21.1. The van der Waals surface area contributed by atoms with Crippen LogP contribution < -0.4 is 5.32 Å². The molecular weight excluding hydrogens is 308 g/mol. The number of carbonyl (C=O) groups excluding carboxylic acids is 1. The van der Waals surface area contributed by atoms with E-state index in [1.165, 1.54) is 16.9 Å². The van der Waals surface area contributed by atoms with Gasteiger partial charge in [-0.1, -0.05) is 30.3 Å². The molecule has 0 radical (unpaired) electrons. The predicted octanol–water partition coefficient (Wildman–Crippen LogP) is 2.07. The Balaban J connectivity index is 1.47. The summed E-state index contributed by atoms with van der Waals surface area (Å²) >= 11 is 1.54. The van der Waals surface area contributed by atoms with Crippen molar-refractivity contribution < 1.29 is 4.79 Å². The van der Waals surface area contributed by atoms with Crippen molar-refractivity contribution in [3.63, 3.8) is 0 Å². The molecule has 0 bridgehead atoms. The number of aromatic nitrogens is 1. The number of hydrogen-bond donors (Lipinski definition) is 1. The number of hydrogen-bond acceptors (Lipinski definition) is 5. The summed E-state index contributed by atoms with van der Waals surface area (Å²) in [7, 11) is 1.84. The molecule has 0 spiro atoms. The Morgan fingerprint density at radius 1 is 1.22 bits per heavy atom. The van der Waals surface area contributed by atoms with Crippen LogP contribution in [-0.4, -0.2) is 53.9 Å². The Morgan fingerprint density at radius 2 is 1.96 bits per heavy atom. The van der Waals surface area contributed by atoms with Gasteiger partial charge in [0.1, 0.15) is 0 Å². The maximum atomic E-state index is 12.4. The van der Waals surface area contributed by atoms with E-state index in [1.54, 1.807) is 0 Å². The summed E-state index contributed by atoms with van der Waals surface area (Å²) in [5.41, 5.74) is 2.19. The first kappa shape index (κ1) is 16.0. The van der Waals surface area contributed by atoms with Gasteiger partial charge in [0.15, 0.2) is 5.13 Å². The van der Waals surface area contributed by atoms with E-state index >= 15 is 0 Å². The van der Waals surface area contributed by atoms with Crippen LogP contribution in [0.5, 0.6) is 0 Å². The fraction of sp³-hybridized carbons (Fsp3) is 0.412. The monoisotopic (exact) mass is 330 g/mol. The average Bonchev–Trinajstić information content (AvgIpc) is 3.04. The summed E-state index contributed by atoms with van der Waals surface area (Å²) in [6.45, 7) is 4.42. The number of thiazole rings is 1. The van der Waals surface area contributed by atoms with Gasteiger partial charge in [-0.15, -0.1) is 11.3 Å². The van der Waals surface area contributed by atoms with Gasteiger partial charge in [0.25, 0.3) is 0 Å². The first-order valence-corrected chi connectivity index (χ1v) is 8.79. The molecule has 6 heteroatoms. The molecule has 1 aliphatic heterocycles. The third kappa shape index (κ3) is 4.30. The fourth-order valence-corrected chi connectivity index (χ4v) is 3.44. The van der Waals surface area contributed by atoms with Crippen molar-refractivity contribution in [1.82, 2.24) is 14.8 Å². The second kappa shape index (κ2) is 7.57. The van der Waals surface area contributed by atoms with Crippen molar-refractivity contribution in [2.24, 2.45) is 0 Å². The summed E-state index contributed by atoms with van der Waals surface area (Å²) in [6.07, 6.45) is 0.400. The van der Waals surface area contributed by atoms with Gasteiger partial charge >= 0.3 is 0 Å². The van der Waals surface area contributed by atoms with E-state index in [0.717, 1.165) is 43.5 Å². The number of piperazine rings is 1. The molecule has 122 valence electrons. The van der Waals surface area contributed by atoms with Crippen molar-refractivity contribution in [2.45, 2.75) is 13.0 Å². The highest BCUT2D eigenvalue weighted by molar-refractivity contribution is 7.13. The molecule has 1 amide bonds. The van der Waals surface area contributed by atoms with Gasteiger partial charge in [-0.25, -0.2) is 4.98 Å². The number of nitrogens with one attached hydrogen (secondary N) is 1. The molecule has 5 nitrogen and oxygen atoms in total. The smallest absolute Gasteiger partial charge is 0.228 e. The van der Waals surface area contributed by atoms with E-state index in [1.807, 2.05) is 23.4 Å². The zero-order valence-corrected chi connectivity index (χ0v) is 14.2. The third-order valence-electron chi connectivity index (χ3n) is 4.07. The zero-order valence-electron chi connectivity index (χ0n) is 13.4. The van der Waals surface area contributed by atoms with Crippen LogP contribution in [-0.2, 0) is 17.8 Å². The number of anilines is 1. The van der Waals surface area contributed by atoms with Gasteiger partial charge in [-0.05, 0) is 5.56 Å². The number of rotatable bonds is 5.